The number of rotatable bonds is 6. The second-order valence-corrected chi connectivity index (χ2v) is 6.97. The minimum Gasteiger partial charge on any atom is -0.493 e. The lowest BCUT2D eigenvalue weighted by Gasteiger charge is -2.41. The van der Waals surface area contributed by atoms with Gasteiger partial charge in [0, 0.05) is 18.0 Å². The molecule has 3 rings (SSSR count). The van der Waals surface area contributed by atoms with Crippen molar-refractivity contribution in [2.75, 3.05) is 40.5 Å². The van der Waals surface area contributed by atoms with Gasteiger partial charge < -0.3 is 14.2 Å². The minimum atomic E-state index is -0.766. The fraction of sp³-hybridized carbons (Fsp3) is 0.421. The Hall–Kier alpha value is -1.89. The molecule has 1 aliphatic heterocycles. The van der Waals surface area contributed by atoms with E-state index in [0.717, 1.165) is 4.88 Å². The van der Waals surface area contributed by atoms with E-state index in [9.17, 15) is 4.79 Å². The van der Waals surface area contributed by atoms with E-state index >= 15 is 0 Å². The zero-order valence-electron chi connectivity index (χ0n) is 14.8. The van der Waals surface area contributed by atoms with Crippen LogP contribution in [0.3, 0.4) is 0 Å². The monoisotopic (exact) mass is 361 g/mol. The average Bonchev–Trinajstić information content (AvgIpc) is 3.22. The number of ether oxygens (including phenoxy) is 3. The molecule has 134 valence electrons. The van der Waals surface area contributed by atoms with Gasteiger partial charge in [0.25, 0.3) is 0 Å². The molecule has 6 heteroatoms. The maximum absolute atomic E-state index is 13.7. The van der Waals surface area contributed by atoms with Crippen LogP contribution < -0.4 is 9.47 Å². The Labute approximate surface area is 152 Å². The smallest absolute Gasteiger partial charge is 0.192 e. The Balaban J connectivity index is 2.09. The van der Waals surface area contributed by atoms with Crippen molar-refractivity contribution in [2.24, 2.45) is 0 Å². The van der Waals surface area contributed by atoms with Gasteiger partial charge in [-0.2, -0.15) is 0 Å². The number of thiophene rings is 1. The van der Waals surface area contributed by atoms with E-state index in [0.29, 0.717) is 43.4 Å². The molecule has 0 amide bonds. The van der Waals surface area contributed by atoms with E-state index in [1.807, 2.05) is 30.5 Å². The number of morpholine rings is 1. The Bertz CT molecular complexity index is 725. The summed E-state index contributed by atoms with van der Waals surface area (Å²) in [5.41, 5.74) is -0.235. The molecule has 0 radical (unpaired) electrons. The van der Waals surface area contributed by atoms with E-state index in [4.69, 9.17) is 14.2 Å². The number of hydrogen-bond donors (Lipinski definition) is 0. The number of para-hydroxylation sites is 1. The number of Topliss-reactive ketones (excluding diaryl/α,β-unsaturated/α-hetero) is 1. The van der Waals surface area contributed by atoms with E-state index in [1.54, 1.807) is 37.7 Å². The van der Waals surface area contributed by atoms with Gasteiger partial charge in [-0.3, -0.25) is 9.69 Å². The third-order valence-corrected chi connectivity index (χ3v) is 5.81. The summed E-state index contributed by atoms with van der Waals surface area (Å²) in [7, 11) is 3.14. The molecule has 5 nitrogen and oxygen atoms in total. The number of carbonyl (C=O) groups is 1. The van der Waals surface area contributed by atoms with Crippen molar-refractivity contribution in [3.8, 4) is 11.5 Å². The van der Waals surface area contributed by atoms with Crippen molar-refractivity contribution < 1.29 is 19.0 Å². The molecule has 1 atom stereocenters. The summed E-state index contributed by atoms with van der Waals surface area (Å²) in [5.74, 6) is 1.04. The lowest BCUT2D eigenvalue weighted by atomic mass is 9.86. The predicted octanol–water partition coefficient (Wildman–Crippen LogP) is 3.20. The van der Waals surface area contributed by atoms with Crippen molar-refractivity contribution >= 4 is 17.1 Å². The molecule has 0 aliphatic carbocycles. The van der Waals surface area contributed by atoms with Gasteiger partial charge in [0.15, 0.2) is 17.3 Å². The van der Waals surface area contributed by atoms with E-state index < -0.39 is 5.54 Å². The normalized spacial score (nSPS) is 17.7. The molecule has 1 saturated heterocycles. The van der Waals surface area contributed by atoms with E-state index in [-0.39, 0.29) is 5.78 Å². The molecule has 25 heavy (non-hydrogen) atoms. The Kier molecular flexibility index (Phi) is 5.42. The summed E-state index contributed by atoms with van der Waals surface area (Å²) in [6, 6.07) is 9.42. The third-order valence-electron chi connectivity index (χ3n) is 4.73. The first-order valence-electron chi connectivity index (χ1n) is 8.25. The molecule has 1 aliphatic rings. The first-order chi connectivity index (χ1) is 12.1. The lowest BCUT2D eigenvalue weighted by molar-refractivity contribution is -0.0102. The molecular weight excluding hydrogens is 338 g/mol. The quantitative estimate of drug-likeness (QED) is 0.740. The van der Waals surface area contributed by atoms with Crippen LogP contribution in [0.4, 0.5) is 0 Å². The summed E-state index contributed by atoms with van der Waals surface area (Å²) in [6.45, 7) is 4.68. The highest BCUT2D eigenvalue weighted by Gasteiger charge is 2.44. The van der Waals surface area contributed by atoms with Crippen LogP contribution in [0.2, 0.25) is 0 Å². The molecule has 2 aromatic rings. The van der Waals surface area contributed by atoms with Crippen LogP contribution in [-0.4, -0.2) is 51.2 Å². The minimum absolute atomic E-state index is 0.00704. The highest BCUT2D eigenvalue weighted by molar-refractivity contribution is 7.10. The third kappa shape index (κ3) is 3.17. The van der Waals surface area contributed by atoms with Gasteiger partial charge in [0.05, 0.1) is 33.0 Å². The Morgan fingerprint density at radius 2 is 1.92 bits per heavy atom. The van der Waals surface area contributed by atoms with Crippen LogP contribution in [0.25, 0.3) is 0 Å². The number of carbonyl (C=O) groups excluding carboxylic acids is 1. The van der Waals surface area contributed by atoms with Crippen molar-refractivity contribution in [2.45, 2.75) is 12.5 Å². The van der Waals surface area contributed by atoms with Crippen LogP contribution in [0, 0.1) is 0 Å². The molecule has 0 spiro atoms. The molecule has 1 fully saturated rings. The Morgan fingerprint density at radius 1 is 1.16 bits per heavy atom. The lowest BCUT2D eigenvalue weighted by Crippen LogP contribution is -2.53. The van der Waals surface area contributed by atoms with E-state index in [1.165, 1.54) is 0 Å². The molecule has 0 bridgehead atoms. The number of hydrogen-bond acceptors (Lipinski definition) is 6. The predicted molar refractivity (Wildman–Crippen MR) is 97.9 cm³/mol. The van der Waals surface area contributed by atoms with Crippen molar-refractivity contribution in [1.29, 1.82) is 0 Å². The second kappa shape index (κ2) is 7.56. The van der Waals surface area contributed by atoms with Crippen molar-refractivity contribution in [3.05, 3.63) is 46.2 Å². The largest absolute Gasteiger partial charge is 0.493 e. The summed E-state index contributed by atoms with van der Waals surface area (Å²) in [4.78, 5) is 16.9. The van der Waals surface area contributed by atoms with Gasteiger partial charge in [0.2, 0.25) is 0 Å². The van der Waals surface area contributed by atoms with Gasteiger partial charge in [-0.25, -0.2) is 0 Å². The highest BCUT2D eigenvalue weighted by Crippen LogP contribution is 2.40. The standard InChI is InChI=1S/C19H23NO4S/c1-19(16-8-5-13-25-16,20-9-11-24-12-10-20)18(21)14-6-4-7-15(22-2)17(14)23-3/h4-8,13H,9-12H2,1-3H3. The second-order valence-electron chi connectivity index (χ2n) is 6.02. The number of benzene rings is 1. The van der Waals surface area contributed by atoms with Crippen LogP contribution >= 0.6 is 11.3 Å². The average molecular weight is 361 g/mol. The van der Waals surface area contributed by atoms with Crippen LogP contribution in [0.1, 0.15) is 22.2 Å². The zero-order valence-corrected chi connectivity index (χ0v) is 15.6. The van der Waals surface area contributed by atoms with Gasteiger partial charge in [-0.1, -0.05) is 12.1 Å². The zero-order chi connectivity index (χ0) is 17.9. The molecule has 1 aromatic heterocycles. The summed E-state index contributed by atoms with van der Waals surface area (Å²) in [6.07, 6.45) is 0. The van der Waals surface area contributed by atoms with Crippen LogP contribution in [0.15, 0.2) is 35.7 Å². The molecule has 0 N–H and O–H groups in total. The summed E-state index contributed by atoms with van der Waals surface area (Å²) < 4.78 is 16.4. The maximum Gasteiger partial charge on any atom is 0.192 e. The van der Waals surface area contributed by atoms with E-state index in [2.05, 4.69) is 4.90 Å². The fourth-order valence-electron chi connectivity index (χ4n) is 3.31. The molecule has 1 aromatic carbocycles. The van der Waals surface area contributed by atoms with Crippen LogP contribution in [-0.2, 0) is 10.3 Å². The fourth-order valence-corrected chi connectivity index (χ4v) is 4.22. The highest BCUT2D eigenvalue weighted by atomic mass is 32.1. The first kappa shape index (κ1) is 17.9. The molecule has 0 saturated carbocycles. The number of nitrogens with zero attached hydrogens (tertiary/aromatic N) is 1. The van der Waals surface area contributed by atoms with Gasteiger partial charge in [0.1, 0.15) is 5.54 Å². The van der Waals surface area contributed by atoms with Gasteiger partial charge in [-0.05, 0) is 30.5 Å². The van der Waals surface area contributed by atoms with Crippen LogP contribution in [0.5, 0.6) is 11.5 Å². The number of ketones is 1. The molecule has 1 unspecified atom stereocenters. The summed E-state index contributed by atoms with van der Waals surface area (Å²) in [5, 5.41) is 2.00. The van der Waals surface area contributed by atoms with Crippen molar-refractivity contribution in [3.63, 3.8) is 0 Å². The topological polar surface area (TPSA) is 48.0 Å². The van der Waals surface area contributed by atoms with Crippen molar-refractivity contribution in [1.82, 2.24) is 4.90 Å². The maximum atomic E-state index is 13.7. The number of methoxy groups -OCH3 is 2. The SMILES string of the molecule is COc1cccc(C(=O)C(C)(c2cccs2)N2CCOCC2)c1OC. The summed E-state index contributed by atoms with van der Waals surface area (Å²) >= 11 is 1.59. The molecule has 2 heterocycles. The first-order valence-corrected chi connectivity index (χ1v) is 9.13. The van der Waals surface area contributed by atoms with Gasteiger partial charge in [-0.15, -0.1) is 11.3 Å². The van der Waals surface area contributed by atoms with Gasteiger partial charge >= 0.3 is 0 Å². The molecular formula is C19H23NO4S. The Morgan fingerprint density at radius 3 is 2.52 bits per heavy atom.